The highest BCUT2D eigenvalue weighted by atomic mass is 19.1. The molecule has 0 radical (unpaired) electrons. The Bertz CT molecular complexity index is 675. The number of carbonyl (C=O) groups is 1. The highest BCUT2D eigenvalue weighted by Crippen LogP contribution is 2.41. The normalized spacial score (nSPS) is 23.9. The summed E-state index contributed by atoms with van der Waals surface area (Å²) < 4.78 is 12.9. The van der Waals surface area contributed by atoms with Crippen molar-refractivity contribution < 1.29 is 9.18 Å². The molecule has 2 saturated carbocycles. The lowest BCUT2D eigenvalue weighted by atomic mass is 10.1. The largest absolute Gasteiger partial charge is 0.347 e. The molecule has 1 heterocycles. The van der Waals surface area contributed by atoms with Crippen molar-refractivity contribution in [2.75, 3.05) is 0 Å². The quantitative estimate of drug-likeness (QED) is 0.907. The number of nitrogens with zero attached hydrogens (tertiary/aromatic N) is 1. The van der Waals surface area contributed by atoms with Crippen molar-refractivity contribution in [2.24, 2.45) is 0 Å². The Labute approximate surface area is 121 Å². The van der Waals surface area contributed by atoms with Crippen molar-refractivity contribution in [2.45, 2.75) is 37.1 Å². The van der Waals surface area contributed by atoms with Crippen LogP contribution in [0.2, 0.25) is 0 Å². The number of aromatic nitrogens is 2. The number of H-pyrrole nitrogens is 1. The Morgan fingerprint density at radius 1 is 1.29 bits per heavy atom. The van der Waals surface area contributed by atoms with Gasteiger partial charge in [0, 0.05) is 23.6 Å². The Kier molecular flexibility index (Phi) is 2.80. The van der Waals surface area contributed by atoms with Gasteiger partial charge in [0.25, 0.3) is 5.91 Å². The average molecular weight is 285 g/mol. The molecule has 0 saturated heterocycles. The maximum atomic E-state index is 12.9. The van der Waals surface area contributed by atoms with E-state index in [1.165, 1.54) is 25.0 Å². The van der Waals surface area contributed by atoms with Gasteiger partial charge in [0.15, 0.2) is 0 Å². The fourth-order valence-corrected chi connectivity index (χ4v) is 2.73. The van der Waals surface area contributed by atoms with Gasteiger partial charge in [-0.05, 0) is 43.0 Å². The van der Waals surface area contributed by atoms with Crippen molar-refractivity contribution in [3.8, 4) is 0 Å². The molecule has 0 spiro atoms. The average Bonchev–Trinajstić information content (AvgIpc) is 3.40. The van der Waals surface area contributed by atoms with Crippen LogP contribution in [-0.2, 0) is 0 Å². The van der Waals surface area contributed by atoms with E-state index >= 15 is 0 Å². The Morgan fingerprint density at radius 2 is 2.05 bits per heavy atom. The molecular formula is C16H16FN3O. The maximum Gasteiger partial charge on any atom is 0.272 e. The van der Waals surface area contributed by atoms with Crippen molar-refractivity contribution in [1.82, 2.24) is 15.5 Å². The van der Waals surface area contributed by atoms with Crippen LogP contribution in [0.3, 0.4) is 0 Å². The first-order chi connectivity index (χ1) is 10.2. The fourth-order valence-electron chi connectivity index (χ4n) is 2.73. The van der Waals surface area contributed by atoms with Gasteiger partial charge in [0.05, 0.1) is 0 Å². The molecule has 0 unspecified atom stereocenters. The molecule has 2 fully saturated rings. The molecule has 21 heavy (non-hydrogen) atoms. The molecule has 4 rings (SSSR count). The zero-order valence-electron chi connectivity index (χ0n) is 11.5. The maximum absolute atomic E-state index is 12.9. The van der Waals surface area contributed by atoms with Crippen LogP contribution in [0.5, 0.6) is 0 Å². The van der Waals surface area contributed by atoms with E-state index in [0.717, 1.165) is 17.7 Å². The zero-order chi connectivity index (χ0) is 14.4. The summed E-state index contributed by atoms with van der Waals surface area (Å²) in [6.07, 6.45) is 3.26. The monoisotopic (exact) mass is 285 g/mol. The molecule has 0 aliphatic heterocycles. The summed E-state index contributed by atoms with van der Waals surface area (Å²) in [5.74, 6) is 0.486. The topological polar surface area (TPSA) is 57.8 Å². The van der Waals surface area contributed by atoms with Gasteiger partial charge in [0.1, 0.15) is 11.5 Å². The number of carbonyl (C=O) groups excluding carboxylic acids is 1. The number of benzene rings is 1. The van der Waals surface area contributed by atoms with E-state index in [0.29, 0.717) is 11.6 Å². The number of rotatable bonds is 4. The van der Waals surface area contributed by atoms with Gasteiger partial charge in [0.2, 0.25) is 0 Å². The van der Waals surface area contributed by atoms with Crippen molar-refractivity contribution in [1.29, 1.82) is 0 Å². The molecular weight excluding hydrogens is 269 g/mol. The molecule has 108 valence electrons. The highest BCUT2D eigenvalue weighted by molar-refractivity contribution is 5.92. The van der Waals surface area contributed by atoms with E-state index in [2.05, 4.69) is 15.5 Å². The predicted molar refractivity (Wildman–Crippen MR) is 75.6 cm³/mol. The number of hydrogen-bond donors (Lipinski definition) is 2. The Balaban J connectivity index is 1.38. The Morgan fingerprint density at radius 3 is 2.76 bits per heavy atom. The summed E-state index contributed by atoms with van der Waals surface area (Å²) in [6, 6.07) is 8.47. The summed E-state index contributed by atoms with van der Waals surface area (Å²) in [5, 5.41) is 10.0. The molecule has 1 amide bonds. The summed E-state index contributed by atoms with van der Waals surface area (Å²) >= 11 is 0. The summed E-state index contributed by atoms with van der Waals surface area (Å²) in [6.45, 7) is 0. The van der Waals surface area contributed by atoms with Gasteiger partial charge in [-0.15, -0.1) is 0 Å². The molecule has 5 heteroatoms. The molecule has 2 aromatic rings. The standard InChI is InChI=1S/C16H16FN3O/c17-11-5-3-9(4-6-11)12-7-14(12)18-16(21)15-8-13(19-20-15)10-1-2-10/h3-6,8,10,12,14H,1-2,7H2,(H,18,21)(H,19,20)/t12-,14-/m1/s1. The summed E-state index contributed by atoms with van der Waals surface area (Å²) in [4.78, 5) is 12.1. The number of nitrogens with one attached hydrogen (secondary N) is 2. The van der Waals surface area contributed by atoms with Crippen molar-refractivity contribution in [3.63, 3.8) is 0 Å². The van der Waals surface area contributed by atoms with E-state index in [1.807, 2.05) is 6.07 Å². The molecule has 4 nitrogen and oxygen atoms in total. The van der Waals surface area contributed by atoms with Gasteiger partial charge < -0.3 is 5.32 Å². The lowest BCUT2D eigenvalue weighted by molar-refractivity contribution is 0.0945. The summed E-state index contributed by atoms with van der Waals surface area (Å²) in [5.41, 5.74) is 2.59. The zero-order valence-corrected chi connectivity index (χ0v) is 11.5. The van der Waals surface area contributed by atoms with E-state index in [1.54, 1.807) is 12.1 Å². The van der Waals surface area contributed by atoms with Gasteiger partial charge in [-0.25, -0.2) is 4.39 Å². The molecule has 1 aromatic heterocycles. The van der Waals surface area contributed by atoms with E-state index < -0.39 is 0 Å². The second kappa shape index (κ2) is 4.69. The minimum atomic E-state index is -0.232. The predicted octanol–water partition coefficient (Wildman–Crippen LogP) is 2.71. The molecule has 2 N–H and O–H groups in total. The lowest BCUT2D eigenvalue weighted by Gasteiger charge is -2.02. The van der Waals surface area contributed by atoms with Gasteiger partial charge in [-0.1, -0.05) is 12.1 Å². The van der Waals surface area contributed by atoms with Crippen LogP contribution in [0.1, 0.15) is 52.8 Å². The van der Waals surface area contributed by atoms with E-state index in [-0.39, 0.29) is 23.7 Å². The van der Waals surface area contributed by atoms with Crippen LogP contribution in [-0.4, -0.2) is 22.1 Å². The third-order valence-corrected chi connectivity index (χ3v) is 4.25. The molecule has 1 aromatic carbocycles. The van der Waals surface area contributed by atoms with Gasteiger partial charge in [-0.2, -0.15) is 5.10 Å². The van der Waals surface area contributed by atoms with E-state index in [9.17, 15) is 9.18 Å². The van der Waals surface area contributed by atoms with Gasteiger partial charge >= 0.3 is 0 Å². The Hall–Kier alpha value is -2.17. The molecule has 0 bridgehead atoms. The number of halogens is 1. The van der Waals surface area contributed by atoms with Gasteiger partial charge in [-0.3, -0.25) is 9.89 Å². The first kappa shape index (κ1) is 12.6. The minimum Gasteiger partial charge on any atom is -0.347 e. The number of aromatic amines is 1. The number of amides is 1. The van der Waals surface area contributed by atoms with Crippen molar-refractivity contribution in [3.05, 3.63) is 53.1 Å². The SMILES string of the molecule is O=C(N[C@@H]1C[C@@H]1c1ccc(F)cc1)c1cc(C2CC2)[nH]n1. The molecule has 2 aliphatic rings. The highest BCUT2D eigenvalue weighted by Gasteiger charge is 2.40. The minimum absolute atomic E-state index is 0.129. The smallest absolute Gasteiger partial charge is 0.272 e. The van der Waals surface area contributed by atoms with Crippen molar-refractivity contribution >= 4 is 5.91 Å². The van der Waals surface area contributed by atoms with E-state index in [4.69, 9.17) is 0 Å². The second-order valence-corrected chi connectivity index (χ2v) is 5.96. The lowest BCUT2D eigenvalue weighted by Crippen LogP contribution is -2.26. The molecule has 2 aliphatic carbocycles. The third-order valence-electron chi connectivity index (χ3n) is 4.25. The van der Waals surface area contributed by atoms with Crippen LogP contribution < -0.4 is 5.32 Å². The summed E-state index contributed by atoms with van der Waals surface area (Å²) in [7, 11) is 0. The third kappa shape index (κ3) is 2.55. The fraction of sp³-hybridized carbons (Fsp3) is 0.375. The van der Waals surface area contributed by atoms with Crippen LogP contribution in [0, 0.1) is 5.82 Å². The molecule has 2 atom stereocenters. The van der Waals surface area contributed by atoms with Crippen LogP contribution in [0.4, 0.5) is 4.39 Å². The number of hydrogen-bond acceptors (Lipinski definition) is 2. The van der Waals surface area contributed by atoms with Crippen LogP contribution in [0.15, 0.2) is 30.3 Å². The second-order valence-electron chi connectivity index (χ2n) is 5.96. The van der Waals surface area contributed by atoms with Crippen LogP contribution >= 0.6 is 0 Å². The van der Waals surface area contributed by atoms with Crippen LogP contribution in [0.25, 0.3) is 0 Å². The first-order valence-electron chi connectivity index (χ1n) is 7.32. The first-order valence-corrected chi connectivity index (χ1v) is 7.32.